The van der Waals surface area contributed by atoms with E-state index in [9.17, 15) is 0 Å². The summed E-state index contributed by atoms with van der Waals surface area (Å²) in [5.74, 6) is 2.24. The van der Waals surface area contributed by atoms with Crippen LogP contribution in [0.2, 0.25) is 0 Å². The van der Waals surface area contributed by atoms with Crippen LogP contribution in [-0.2, 0) is 0 Å². The highest BCUT2D eigenvalue weighted by molar-refractivity contribution is 4.73. The van der Waals surface area contributed by atoms with Gasteiger partial charge in [0.05, 0.1) is 0 Å². The Hall–Kier alpha value is 0. The zero-order valence-electron chi connectivity index (χ0n) is 10.9. The van der Waals surface area contributed by atoms with Crippen LogP contribution in [0.5, 0.6) is 0 Å². The van der Waals surface area contributed by atoms with Crippen LogP contribution >= 0.6 is 0 Å². The first kappa shape index (κ1) is 13.1. The molecule has 2 aliphatic carbocycles. The minimum absolute atomic E-state index is 1.12. The summed E-state index contributed by atoms with van der Waals surface area (Å²) in [6.45, 7) is 4.00. The Bertz CT molecular complexity index is 111. The summed E-state index contributed by atoms with van der Waals surface area (Å²) in [4.78, 5) is 0. The minimum Gasteiger partial charge on any atom is -0.0683 e. The lowest BCUT2D eigenvalue weighted by Gasteiger charge is -2.28. The van der Waals surface area contributed by atoms with Crippen molar-refractivity contribution in [3.05, 3.63) is 0 Å². The van der Waals surface area contributed by atoms with Gasteiger partial charge in [0.25, 0.3) is 0 Å². The van der Waals surface area contributed by atoms with E-state index in [-0.39, 0.29) is 0 Å². The lowest BCUT2D eigenvalue weighted by molar-refractivity contribution is 0.244. The largest absolute Gasteiger partial charge is 0.0683 e. The van der Waals surface area contributed by atoms with Gasteiger partial charge in [-0.1, -0.05) is 78.1 Å². The molecule has 0 aliphatic heterocycles. The lowest BCUT2D eigenvalue weighted by Crippen LogP contribution is -2.14. The van der Waals surface area contributed by atoms with Gasteiger partial charge in [0.1, 0.15) is 0 Å². The van der Waals surface area contributed by atoms with Gasteiger partial charge in [0.2, 0.25) is 0 Å². The Kier molecular flexibility index (Phi) is 7.13. The fourth-order valence-electron chi connectivity index (χ4n) is 3.32. The molecule has 90 valence electrons. The molecule has 0 aromatic heterocycles. The van der Waals surface area contributed by atoms with Crippen molar-refractivity contribution in [3.8, 4) is 0 Å². The third-order valence-electron chi connectivity index (χ3n) is 4.12. The molecule has 2 aliphatic rings. The van der Waals surface area contributed by atoms with E-state index in [4.69, 9.17) is 0 Å². The maximum atomic E-state index is 2.00. The predicted octanol–water partition coefficient (Wildman–Crippen LogP) is 5.56. The van der Waals surface area contributed by atoms with Crippen molar-refractivity contribution < 1.29 is 0 Å². The van der Waals surface area contributed by atoms with Gasteiger partial charge in [0, 0.05) is 0 Å². The highest BCUT2D eigenvalue weighted by Gasteiger charge is 2.20. The van der Waals surface area contributed by atoms with Gasteiger partial charge in [-0.25, -0.2) is 0 Å². The molecule has 2 fully saturated rings. The SMILES string of the molecule is C1CCC(CC2CCCCC2)CC1.CC. The van der Waals surface area contributed by atoms with E-state index in [2.05, 4.69) is 0 Å². The molecule has 0 bridgehead atoms. The average molecular weight is 210 g/mol. The summed E-state index contributed by atoms with van der Waals surface area (Å²) in [5, 5.41) is 0. The van der Waals surface area contributed by atoms with Crippen LogP contribution in [-0.4, -0.2) is 0 Å². The van der Waals surface area contributed by atoms with E-state index in [0.29, 0.717) is 0 Å². The van der Waals surface area contributed by atoms with Crippen LogP contribution < -0.4 is 0 Å². The summed E-state index contributed by atoms with van der Waals surface area (Å²) in [6.07, 6.45) is 16.9. The minimum atomic E-state index is 1.12. The van der Waals surface area contributed by atoms with Gasteiger partial charge >= 0.3 is 0 Å². The first-order valence-electron chi connectivity index (χ1n) is 7.45. The van der Waals surface area contributed by atoms with Crippen LogP contribution in [0.3, 0.4) is 0 Å². The molecular weight excluding hydrogens is 180 g/mol. The fraction of sp³-hybridized carbons (Fsp3) is 1.00. The van der Waals surface area contributed by atoms with E-state index in [1.807, 2.05) is 13.8 Å². The number of hydrogen-bond donors (Lipinski definition) is 0. The molecule has 0 amide bonds. The van der Waals surface area contributed by atoms with Crippen molar-refractivity contribution in [1.82, 2.24) is 0 Å². The molecular formula is C15H30. The monoisotopic (exact) mass is 210 g/mol. The van der Waals surface area contributed by atoms with E-state index in [0.717, 1.165) is 11.8 Å². The quantitative estimate of drug-likeness (QED) is 0.559. The molecule has 2 rings (SSSR count). The van der Waals surface area contributed by atoms with Crippen molar-refractivity contribution >= 4 is 0 Å². The molecule has 15 heavy (non-hydrogen) atoms. The zero-order valence-corrected chi connectivity index (χ0v) is 10.9. The molecule has 0 saturated heterocycles. The van der Waals surface area contributed by atoms with Crippen molar-refractivity contribution in [1.29, 1.82) is 0 Å². The lowest BCUT2D eigenvalue weighted by atomic mass is 9.78. The van der Waals surface area contributed by atoms with E-state index >= 15 is 0 Å². The Balaban J connectivity index is 0.000000531. The summed E-state index contributed by atoms with van der Waals surface area (Å²) < 4.78 is 0. The van der Waals surface area contributed by atoms with Gasteiger partial charge in [-0.05, 0) is 18.3 Å². The van der Waals surface area contributed by atoms with Gasteiger partial charge < -0.3 is 0 Å². The molecule has 0 unspecified atom stereocenters. The second-order valence-electron chi connectivity index (χ2n) is 5.24. The number of rotatable bonds is 2. The molecule has 0 N–H and O–H groups in total. The first-order chi connectivity index (χ1) is 7.45. The molecule has 0 radical (unpaired) electrons. The highest BCUT2D eigenvalue weighted by Crippen LogP contribution is 2.34. The third-order valence-corrected chi connectivity index (χ3v) is 4.12. The van der Waals surface area contributed by atoms with Crippen LogP contribution in [0.1, 0.15) is 84.5 Å². The maximum absolute atomic E-state index is 2.00. The van der Waals surface area contributed by atoms with Crippen LogP contribution in [0.4, 0.5) is 0 Å². The zero-order chi connectivity index (χ0) is 10.9. The Labute approximate surface area is 96.8 Å². The molecule has 0 nitrogen and oxygen atoms in total. The van der Waals surface area contributed by atoms with Crippen LogP contribution in [0, 0.1) is 11.8 Å². The van der Waals surface area contributed by atoms with Crippen LogP contribution in [0.15, 0.2) is 0 Å². The third kappa shape index (κ3) is 5.04. The second kappa shape index (κ2) is 8.19. The summed E-state index contributed by atoms with van der Waals surface area (Å²) in [7, 11) is 0. The van der Waals surface area contributed by atoms with Crippen molar-refractivity contribution in [2.24, 2.45) is 11.8 Å². The van der Waals surface area contributed by atoms with Crippen molar-refractivity contribution in [3.63, 3.8) is 0 Å². The molecule has 0 heterocycles. The Morgan fingerprint density at radius 2 is 0.933 bits per heavy atom. The predicted molar refractivity (Wildman–Crippen MR) is 69.1 cm³/mol. The first-order valence-corrected chi connectivity index (χ1v) is 7.45. The fourth-order valence-corrected chi connectivity index (χ4v) is 3.32. The van der Waals surface area contributed by atoms with Crippen molar-refractivity contribution in [2.45, 2.75) is 84.5 Å². The smallest absolute Gasteiger partial charge is 0.0412 e. The normalized spacial score (nSPS) is 24.4. The van der Waals surface area contributed by atoms with Gasteiger partial charge in [-0.2, -0.15) is 0 Å². The molecule has 0 spiro atoms. The summed E-state index contributed by atoms with van der Waals surface area (Å²) in [6, 6.07) is 0. The maximum Gasteiger partial charge on any atom is -0.0412 e. The topological polar surface area (TPSA) is 0 Å². The van der Waals surface area contributed by atoms with E-state index < -0.39 is 0 Å². The van der Waals surface area contributed by atoms with Gasteiger partial charge in [-0.3, -0.25) is 0 Å². The van der Waals surface area contributed by atoms with Gasteiger partial charge in [0.15, 0.2) is 0 Å². The van der Waals surface area contributed by atoms with Gasteiger partial charge in [-0.15, -0.1) is 0 Å². The van der Waals surface area contributed by atoms with E-state index in [1.165, 1.54) is 38.5 Å². The Morgan fingerprint density at radius 3 is 1.27 bits per heavy atom. The standard InChI is InChI=1S/C13H24.C2H6/c1-3-7-12(8-4-1)11-13-9-5-2-6-10-13;1-2/h12-13H,1-11H2;1-2H3. The van der Waals surface area contributed by atoms with Crippen LogP contribution in [0.25, 0.3) is 0 Å². The molecule has 0 aromatic carbocycles. The summed E-state index contributed by atoms with van der Waals surface area (Å²) in [5.41, 5.74) is 0. The Morgan fingerprint density at radius 1 is 0.600 bits per heavy atom. The van der Waals surface area contributed by atoms with Crippen molar-refractivity contribution in [2.75, 3.05) is 0 Å². The highest BCUT2D eigenvalue weighted by atomic mass is 14.3. The van der Waals surface area contributed by atoms with E-state index in [1.54, 1.807) is 32.1 Å². The molecule has 0 heteroatoms. The second-order valence-corrected chi connectivity index (χ2v) is 5.24. The molecule has 0 atom stereocenters. The molecule has 0 aromatic rings. The molecule has 2 saturated carbocycles. The average Bonchev–Trinajstić information content (AvgIpc) is 2.34. The summed E-state index contributed by atoms with van der Waals surface area (Å²) >= 11 is 0. The number of hydrogen-bond acceptors (Lipinski definition) is 0.